The summed E-state index contributed by atoms with van der Waals surface area (Å²) >= 11 is 2.36. The van der Waals surface area contributed by atoms with Crippen LogP contribution >= 0.6 is 22.6 Å². The molecule has 14 heavy (non-hydrogen) atoms. The van der Waals surface area contributed by atoms with Crippen molar-refractivity contribution in [1.82, 2.24) is 0 Å². The number of phenols is 2. The van der Waals surface area contributed by atoms with Crippen molar-refractivity contribution in [2.75, 3.05) is 4.43 Å². The number of hydrogen-bond acceptors (Lipinski definition) is 2. The molecule has 0 heterocycles. The molecule has 0 aromatic heterocycles. The van der Waals surface area contributed by atoms with Crippen molar-refractivity contribution in [2.45, 2.75) is 25.7 Å². The van der Waals surface area contributed by atoms with Gasteiger partial charge in [-0.15, -0.1) is 0 Å². The molecule has 0 unspecified atom stereocenters. The summed E-state index contributed by atoms with van der Waals surface area (Å²) in [4.78, 5) is 0. The highest BCUT2D eigenvalue weighted by Gasteiger charge is 2.04. The lowest BCUT2D eigenvalue weighted by Gasteiger charge is -2.05. The number of alkyl halides is 1. The van der Waals surface area contributed by atoms with Gasteiger partial charge in [0.1, 0.15) is 0 Å². The molecule has 0 aliphatic rings. The zero-order valence-electron chi connectivity index (χ0n) is 8.04. The molecule has 78 valence electrons. The highest BCUT2D eigenvalue weighted by Crippen LogP contribution is 2.29. The van der Waals surface area contributed by atoms with E-state index in [9.17, 15) is 10.2 Å². The zero-order chi connectivity index (χ0) is 10.4. The van der Waals surface area contributed by atoms with Gasteiger partial charge in [0.25, 0.3) is 0 Å². The van der Waals surface area contributed by atoms with E-state index in [0.29, 0.717) is 0 Å². The molecule has 0 aliphatic heterocycles. The van der Waals surface area contributed by atoms with E-state index in [4.69, 9.17) is 0 Å². The molecule has 0 amide bonds. The van der Waals surface area contributed by atoms with Crippen LogP contribution in [0.3, 0.4) is 0 Å². The van der Waals surface area contributed by atoms with Crippen molar-refractivity contribution >= 4 is 22.6 Å². The van der Waals surface area contributed by atoms with Crippen LogP contribution in [0.25, 0.3) is 0 Å². The van der Waals surface area contributed by atoms with Gasteiger partial charge >= 0.3 is 0 Å². The smallest absolute Gasteiger partial charge is 0.160 e. The number of halogens is 1. The maximum Gasteiger partial charge on any atom is 0.160 e. The van der Waals surface area contributed by atoms with E-state index >= 15 is 0 Å². The molecule has 2 N–H and O–H groups in total. The first kappa shape index (κ1) is 11.6. The fourth-order valence-corrected chi connectivity index (χ4v) is 1.91. The van der Waals surface area contributed by atoms with Crippen LogP contribution < -0.4 is 0 Å². The van der Waals surface area contributed by atoms with Gasteiger partial charge in [-0.3, -0.25) is 0 Å². The Morgan fingerprint density at radius 1 is 1.07 bits per heavy atom. The van der Waals surface area contributed by atoms with Gasteiger partial charge in [0, 0.05) is 0 Å². The molecule has 0 aliphatic carbocycles. The third kappa shape index (κ3) is 3.36. The molecule has 0 fully saturated rings. The average Bonchev–Trinajstić information content (AvgIpc) is 2.19. The normalized spacial score (nSPS) is 10.4. The molecule has 0 atom stereocenters. The molecule has 1 rings (SSSR count). The Bertz CT molecular complexity index is 287. The SMILES string of the molecule is Oc1cccc(CCCCCI)c1O. The topological polar surface area (TPSA) is 40.5 Å². The third-order valence-corrected chi connectivity index (χ3v) is 2.94. The number of rotatable bonds is 5. The Morgan fingerprint density at radius 3 is 2.57 bits per heavy atom. The molecule has 1 aromatic carbocycles. The Morgan fingerprint density at radius 2 is 1.86 bits per heavy atom. The Balaban J connectivity index is 2.46. The number of phenolic OH excluding ortho intramolecular Hbond substituents is 2. The Labute approximate surface area is 98.1 Å². The van der Waals surface area contributed by atoms with Gasteiger partial charge in [0.15, 0.2) is 11.5 Å². The maximum atomic E-state index is 9.50. The van der Waals surface area contributed by atoms with Crippen LogP contribution in [0.5, 0.6) is 11.5 Å². The molecule has 1 aromatic rings. The molecular formula is C11H15IO2. The number of unbranched alkanes of at least 4 members (excludes halogenated alkanes) is 2. The Hall–Kier alpha value is -0.450. The second-order valence-electron chi connectivity index (χ2n) is 3.28. The highest BCUT2D eigenvalue weighted by molar-refractivity contribution is 14.1. The number of aromatic hydroxyl groups is 2. The summed E-state index contributed by atoms with van der Waals surface area (Å²) in [5.74, 6) is 0.0263. The minimum absolute atomic E-state index is 0.0172. The number of benzene rings is 1. The van der Waals surface area contributed by atoms with Crippen molar-refractivity contribution in [3.05, 3.63) is 23.8 Å². The van der Waals surface area contributed by atoms with Gasteiger partial charge in [-0.05, 0) is 35.3 Å². The monoisotopic (exact) mass is 306 g/mol. The van der Waals surface area contributed by atoms with E-state index in [-0.39, 0.29) is 11.5 Å². The number of para-hydroxylation sites is 1. The van der Waals surface area contributed by atoms with E-state index in [1.54, 1.807) is 6.07 Å². The average molecular weight is 306 g/mol. The highest BCUT2D eigenvalue weighted by atomic mass is 127. The van der Waals surface area contributed by atoms with Crippen LogP contribution in [0.2, 0.25) is 0 Å². The van der Waals surface area contributed by atoms with Crippen molar-refractivity contribution < 1.29 is 10.2 Å². The molecule has 3 heteroatoms. The summed E-state index contributed by atoms with van der Waals surface area (Å²) in [7, 11) is 0. The van der Waals surface area contributed by atoms with E-state index in [1.807, 2.05) is 6.07 Å². The Kier molecular flexibility index (Phi) is 5.07. The zero-order valence-corrected chi connectivity index (χ0v) is 10.2. The first-order valence-electron chi connectivity index (χ1n) is 4.81. The van der Waals surface area contributed by atoms with E-state index < -0.39 is 0 Å². The van der Waals surface area contributed by atoms with Crippen LogP contribution in [0.1, 0.15) is 24.8 Å². The lowest BCUT2D eigenvalue weighted by Crippen LogP contribution is -1.87. The summed E-state index contributed by atoms with van der Waals surface area (Å²) in [6.07, 6.45) is 4.31. The van der Waals surface area contributed by atoms with Gasteiger partial charge < -0.3 is 10.2 Å². The summed E-state index contributed by atoms with van der Waals surface area (Å²) in [6.45, 7) is 0. The quantitative estimate of drug-likeness (QED) is 0.379. The van der Waals surface area contributed by atoms with Gasteiger partial charge in [0.2, 0.25) is 0 Å². The molecule has 0 radical (unpaired) electrons. The molecule has 0 spiro atoms. The van der Waals surface area contributed by atoms with Gasteiger partial charge in [-0.1, -0.05) is 41.1 Å². The summed E-state index contributed by atoms with van der Waals surface area (Å²) in [5.41, 5.74) is 0.846. The lowest BCUT2D eigenvalue weighted by molar-refractivity contribution is 0.398. The summed E-state index contributed by atoms with van der Waals surface area (Å²) in [6, 6.07) is 5.13. The van der Waals surface area contributed by atoms with Crippen molar-refractivity contribution in [1.29, 1.82) is 0 Å². The van der Waals surface area contributed by atoms with Gasteiger partial charge in [0.05, 0.1) is 0 Å². The van der Waals surface area contributed by atoms with E-state index in [0.717, 1.165) is 18.4 Å². The van der Waals surface area contributed by atoms with E-state index in [2.05, 4.69) is 22.6 Å². The predicted octanol–water partition coefficient (Wildman–Crippen LogP) is 3.25. The first-order valence-corrected chi connectivity index (χ1v) is 6.34. The van der Waals surface area contributed by atoms with Crippen LogP contribution in [-0.4, -0.2) is 14.6 Å². The molecule has 0 bridgehead atoms. The maximum absolute atomic E-state index is 9.50. The largest absolute Gasteiger partial charge is 0.504 e. The molecule has 0 saturated heterocycles. The first-order chi connectivity index (χ1) is 6.75. The van der Waals surface area contributed by atoms with Crippen molar-refractivity contribution in [3.63, 3.8) is 0 Å². The minimum Gasteiger partial charge on any atom is -0.504 e. The van der Waals surface area contributed by atoms with Gasteiger partial charge in [-0.25, -0.2) is 0 Å². The molecule has 2 nitrogen and oxygen atoms in total. The van der Waals surface area contributed by atoms with Crippen LogP contribution in [0.15, 0.2) is 18.2 Å². The number of hydrogen-bond donors (Lipinski definition) is 2. The third-order valence-electron chi connectivity index (χ3n) is 2.18. The fourth-order valence-electron chi connectivity index (χ4n) is 1.37. The summed E-state index contributed by atoms with van der Waals surface area (Å²) < 4.78 is 1.18. The molecular weight excluding hydrogens is 291 g/mol. The number of aryl methyl sites for hydroxylation is 1. The van der Waals surface area contributed by atoms with E-state index in [1.165, 1.54) is 23.3 Å². The van der Waals surface area contributed by atoms with Gasteiger partial charge in [-0.2, -0.15) is 0 Å². The van der Waals surface area contributed by atoms with Crippen molar-refractivity contribution in [2.24, 2.45) is 0 Å². The second-order valence-corrected chi connectivity index (χ2v) is 4.36. The summed E-state index contributed by atoms with van der Waals surface area (Å²) in [5, 5.41) is 18.8. The lowest BCUT2D eigenvalue weighted by atomic mass is 10.1. The predicted molar refractivity (Wildman–Crippen MR) is 66.2 cm³/mol. The fraction of sp³-hybridized carbons (Fsp3) is 0.455. The van der Waals surface area contributed by atoms with Crippen LogP contribution in [-0.2, 0) is 6.42 Å². The van der Waals surface area contributed by atoms with Crippen LogP contribution in [0.4, 0.5) is 0 Å². The standard InChI is InChI=1S/C11H15IO2/c12-8-3-1-2-5-9-6-4-7-10(13)11(9)14/h4,6-7,13-14H,1-3,5,8H2. The van der Waals surface area contributed by atoms with Crippen molar-refractivity contribution in [3.8, 4) is 11.5 Å². The van der Waals surface area contributed by atoms with Crippen LogP contribution in [0, 0.1) is 0 Å². The minimum atomic E-state index is -0.0172. The molecule has 0 saturated carbocycles. The second kappa shape index (κ2) is 6.11.